The van der Waals surface area contributed by atoms with E-state index in [2.05, 4.69) is 35.0 Å². The summed E-state index contributed by atoms with van der Waals surface area (Å²) in [7, 11) is 0. The van der Waals surface area contributed by atoms with Gasteiger partial charge in [0.15, 0.2) is 0 Å². The van der Waals surface area contributed by atoms with Gasteiger partial charge in [0.1, 0.15) is 11.6 Å². The molecule has 1 aliphatic heterocycles. The molecule has 0 radical (unpaired) electrons. The molecule has 1 aliphatic rings. The van der Waals surface area contributed by atoms with E-state index in [1.807, 2.05) is 6.07 Å². The molecular formula is C24H23FN4O2. The van der Waals surface area contributed by atoms with Crippen LogP contribution in [0.1, 0.15) is 31.7 Å². The normalized spacial score (nSPS) is 16.6. The highest BCUT2D eigenvalue weighted by atomic mass is 19.1. The molecule has 31 heavy (non-hydrogen) atoms. The molecule has 0 spiro atoms. The van der Waals surface area contributed by atoms with Crippen molar-refractivity contribution in [2.24, 2.45) is 5.92 Å². The van der Waals surface area contributed by atoms with Crippen molar-refractivity contribution in [2.45, 2.75) is 26.2 Å². The SMILES string of the molecule is CC(C)c1c(N2CCC(C(=O)O)C2)nc2cc3[nH]ncc3cc2c1-c1ccc(F)cc1. The van der Waals surface area contributed by atoms with Crippen LogP contribution >= 0.6 is 0 Å². The second-order valence-corrected chi connectivity index (χ2v) is 8.48. The van der Waals surface area contributed by atoms with Crippen molar-refractivity contribution < 1.29 is 14.3 Å². The number of rotatable bonds is 4. The molecule has 5 rings (SSSR count). The Bertz CT molecular complexity index is 1300. The Balaban J connectivity index is 1.82. The molecule has 1 atom stereocenters. The third kappa shape index (κ3) is 3.30. The van der Waals surface area contributed by atoms with E-state index in [0.717, 1.165) is 44.3 Å². The number of H-pyrrole nitrogens is 1. The fraction of sp³-hybridized carbons (Fsp3) is 0.292. The van der Waals surface area contributed by atoms with Gasteiger partial charge in [0.2, 0.25) is 0 Å². The van der Waals surface area contributed by atoms with Gasteiger partial charge in [-0.2, -0.15) is 5.10 Å². The Kier molecular flexibility index (Phi) is 4.61. The highest BCUT2D eigenvalue weighted by Gasteiger charge is 2.32. The number of carboxylic acid groups (broad SMARTS) is 1. The van der Waals surface area contributed by atoms with E-state index in [9.17, 15) is 14.3 Å². The quantitative estimate of drug-likeness (QED) is 0.490. The summed E-state index contributed by atoms with van der Waals surface area (Å²) in [6.45, 7) is 5.30. The van der Waals surface area contributed by atoms with Gasteiger partial charge >= 0.3 is 5.97 Å². The third-order valence-electron chi connectivity index (χ3n) is 6.11. The van der Waals surface area contributed by atoms with E-state index < -0.39 is 11.9 Å². The predicted octanol–water partition coefficient (Wildman–Crippen LogP) is 4.95. The molecular weight excluding hydrogens is 395 g/mol. The Labute approximate surface area is 178 Å². The van der Waals surface area contributed by atoms with E-state index >= 15 is 0 Å². The molecule has 0 amide bonds. The average molecular weight is 418 g/mol. The van der Waals surface area contributed by atoms with Crippen molar-refractivity contribution in [3.8, 4) is 11.1 Å². The number of aliphatic carboxylic acids is 1. The van der Waals surface area contributed by atoms with Gasteiger partial charge in [0, 0.05) is 29.4 Å². The zero-order valence-electron chi connectivity index (χ0n) is 17.4. The molecule has 1 fully saturated rings. The van der Waals surface area contributed by atoms with Crippen LogP contribution in [0, 0.1) is 11.7 Å². The topological polar surface area (TPSA) is 82.1 Å². The van der Waals surface area contributed by atoms with Gasteiger partial charge < -0.3 is 10.0 Å². The van der Waals surface area contributed by atoms with Crippen LogP contribution in [0.25, 0.3) is 32.9 Å². The molecule has 6 nitrogen and oxygen atoms in total. The van der Waals surface area contributed by atoms with Crippen LogP contribution < -0.4 is 4.90 Å². The van der Waals surface area contributed by atoms with Gasteiger partial charge in [-0.15, -0.1) is 0 Å². The lowest BCUT2D eigenvalue weighted by atomic mass is 9.89. The number of hydrogen-bond acceptors (Lipinski definition) is 4. The molecule has 0 saturated carbocycles. The first-order chi connectivity index (χ1) is 14.9. The molecule has 0 aliphatic carbocycles. The number of halogens is 1. The van der Waals surface area contributed by atoms with Gasteiger partial charge in [-0.05, 0) is 47.7 Å². The summed E-state index contributed by atoms with van der Waals surface area (Å²) in [6, 6.07) is 10.6. The highest BCUT2D eigenvalue weighted by Crippen LogP contribution is 2.42. The predicted molar refractivity (Wildman–Crippen MR) is 119 cm³/mol. The van der Waals surface area contributed by atoms with Crippen LogP contribution in [-0.2, 0) is 4.79 Å². The molecule has 3 heterocycles. The average Bonchev–Trinajstić information content (AvgIpc) is 3.40. The Hall–Kier alpha value is -3.48. The lowest BCUT2D eigenvalue weighted by Crippen LogP contribution is -2.25. The zero-order chi connectivity index (χ0) is 21.7. The fourth-order valence-corrected chi connectivity index (χ4v) is 4.57. The summed E-state index contributed by atoms with van der Waals surface area (Å²) in [5, 5.41) is 18.6. The molecule has 4 aromatic rings. The number of nitrogens with one attached hydrogen (secondary N) is 1. The lowest BCUT2D eigenvalue weighted by molar-refractivity contribution is -0.140. The first-order valence-electron chi connectivity index (χ1n) is 10.5. The number of anilines is 1. The van der Waals surface area contributed by atoms with E-state index in [0.29, 0.717) is 19.5 Å². The van der Waals surface area contributed by atoms with Crippen LogP contribution in [0.15, 0.2) is 42.6 Å². The summed E-state index contributed by atoms with van der Waals surface area (Å²) < 4.78 is 13.7. The molecule has 7 heteroatoms. The van der Waals surface area contributed by atoms with Crippen molar-refractivity contribution in [3.05, 3.63) is 54.0 Å². The van der Waals surface area contributed by atoms with E-state index in [1.54, 1.807) is 18.3 Å². The van der Waals surface area contributed by atoms with Crippen molar-refractivity contribution in [1.82, 2.24) is 15.2 Å². The van der Waals surface area contributed by atoms with Gasteiger partial charge in [0.05, 0.1) is 23.1 Å². The summed E-state index contributed by atoms with van der Waals surface area (Å²) in [5.41, 5.74) is 4.66. The van der Waals surface area contributed by atoms with Crippen molar-refractivity contribution in [3.63, 3.8) is 0 Å². The Morgan fingerprint density at radius 2 is 2.03 bits per heavy atom. The molecule has 2 aromatic carbocycles. The molecule has 2 N–H and O–H groups in total. The second-order valence-electron chi connectivity index (χ2n) is 8.48. The molecule has 1 saturated heterocycles. The minimum absolute atomic E-state index is 0.135. The number of carbonyl (C=O) groups is 1. The van der Waals surface area contributed by atoms with E-state index in [-0.39, 0.29) is 11.7 Å². The van der Waals surface area contributed by atoms with Crippen LogP contribution in [0.5, 0.6) is 0 Å². The van der Waals surface area contributed by atoms with Gasteiger partial charge in [0.25, 0.3) is 0 Å². The van der Waals surface area contributed by atoms with Crippen LogP contribution in [0.4, 0.5) is 10.2 Å². The first-order valence-corrected chi connectivity index (χ1v) is 10.5. The van der Waals surface area contributed by atoms with E-state index in [1.165, 1.54) is 12.1 Å². The Morgan fingerprint density at radius 3 is 2.71 bits per heavy atom. The summed E-state index contributed by atoms with van der Waals surface area (Å²) >= 11 is 0. The number of pyridine rings is 1. The molecule has 0 bridgehead atoms. The van der Waals surface area contributed by atoms with Gasteiger partial charge in [-0.25, -0.2) is 9.37 Å². The van der Waals surface area contributed by atoms with Crippen LogP contribution in [-0.4, -0.2) is 39.3 Å². The van der Waals surface area contributed by atoms with Crippen molar-refractivity contribution in [1.29, 1.82) is 0 Å². The maximum absolute atomic E-state index is 13.7. The molecule has 2 aromatic heterocycles. The number of aromatic nitrogens is 3. The standard InChI is InChI=1S/C24H23FN4O2/c1-13(2)21-22(14-3-5-17(25)6-4-14)18-9-16-11-26-28-19(16)10-20(18)27-23(21)29-8-7-15(12-29)24(30)31/h3-6,9-11,13,15H,7-8,12H2,1-2H3,(H,26,28)(H,30,31). The first kappa shape index (κ1) is 19.5. The smallest absolute Gasteiger partial charge is 0.308 e. The summed E-state index contributed by atoms with van der Waals surface area (Å²) in [5.74, 6) is -0.510. The minimum Gasteiger partial charge on any atom is -0.481 e. The summed E-state index contributed by atoms with van der Waals surface area (Å²) in [4.78, 5) is 18.7. The number of fused-ring (bicyclic) bond motifs is 2. The number of hydrogen-bond donors (Lipinski definition) is 2. The van der Waals surface area contributed by atoms with E-state index in [4.69, 9.17) is 4.98 Å². The molecule has 158 valence electrons. The maximum Gasteiger partial charge on any atom is 0.308 e. The largest absolute Gasteiger partial charge is 0.481 e. The number of nitrogens with zero attached hydrogens (tertiary/aromatic N) is 3. The lowest BCUT2D eigenvalue weighted by Gasteiger charge is -2.26. The second kappa shape index (κ2) is 7.34. The third-order valence-corrected chi connectivity index (χ3v) is 6.11. The van der Waals surface area contributed by atoms with Gasteiger partial charge in [-0.3, -0.25) is 9.89 Å². The highest BCUT2D eigenvalue weighted by molar-refractivity contribution is 6.05. The van der Waals surface area contributed by atoms with Crippen LogP contribution in [0.2, 0.25) is 0 Å². The van der Waals surface area contributed by atoms with Crippen LogP contribution in [0.3, 0.4) is 0 Å². The van der Waals surface area contributed by atoms with Crippen molar-refractivity contribution >= 4 is 33.6 Å². The fourth-order valence-electron chi connectivity index (χ4n) is 4.57. The van der Waals surface area contributed by atoms with Crippen molar-refractivity contribution in [2.75, 3.05) is 18.0 Å². The van der Waals surface area contributed by atoms with Gasteiger partial charge in [-0.1, -0.05) is 26.0 Å². The molecule has 1 unspecified atom stereocenters. The number of aromatic amines is 1. The maximum atomic E-state index is 13.7. The number of benzene rings is 2. The Morgan fingerprint density at radius 1 is 1.26 bits per heavy atom. The minimum atomic E-state index is -0.771. The monoisotopic (exact) mass is 418 g/mol. The zero-order valence-corrected chi connectivity index (χ0v) is 17.4. The number of carboxylic acids is 1. The summed E-state index contributed by atoms with van der Waals surface area (Å²) in [6.07, 6.45) is 2.38.